The van der Waals surface area contributed by atoms with E-state index in [1.807, 2.05) is 13.0 Å². The van der Waals surface area contributed by atoms with Gasteiger partial charge in [-0.3, -0.25) is 9.35 Å². The van der Waals surface area contributed by atoms with Gasteiger partial charge < -0.3 is 0 Å². The van der Waals surface area contributed by atoms with Gasteiger partial charge in [-0.2, -0.15) is 8.42 Å². The van der Waals surface area contributed by atoms with E-state index in [4.69, 9.17) is 4.55 Å². The number of carbonyl (C=O) groups is 1. The molecule has 0 aromatic heterocycles. The van der Waals surface area contributed by atoms with Crippen molar-refractivity contribution in [2.45, 2.75) is 13.3 Å². The molecule has 0 saturated carbocycles. The Hall–Kier alpha value is -1.20. The number of Topliss-reactive ketones (excluding diaryl/α,β-unsaturated/α-hetero) is 1. The maximum atomic E-state index is 11.5. The van der Waals surface area contributed by atoms with E-state index in [2.05, 4.69) is 0 Å². The van der Waals surface area contributed by atoms with Gasteiger partial charge >= 0.3 is 0 Å². The SMILES string of the molecule is Cc1cccc(C(=O)CCS(=O)(=O)O)c1. The van der Waals surface area contributed by atoms with Crippen molar-refractivity contribution in [3.8, 4) is 0 Å². The van der Waals surface area contributed by atoms with E-state index >= 15 is 0 Å². The smallest absolute Gasteiger partial charge is 0.265 e. The Morgan fingerprint density at radius 2 is 2.07 bits per heavy atom. The van der Waals surface area contributed by atoms with E-state index in [-0.39, 0.29) is 12.2 Å². The molecule has 1 rings (SSSR count). The number of aryl methyl sites for hydroxylation is 1. The molecule has 0 aliphatic heterocycles. The van der Waals surface area contributed by atoms with Crippen molar-refractivity contribution in [3.05, 3.63) is 35.4 Å². The van der Waals surface area contributed by atoms with Crippen LogP contribution >= 0.6 is 0 Å². The van der Waals surface area contributed by atoms with E-state index in [0.29, 0.717) is 5.56 Å². The highest BCUT2D eigenvalue weighted by atomic mass is 32.2. The van der Waals surface area contributed by atoms with Gasteiger partial charge in [0.05, 0.1) is 5.75 Å². The van der Waals surface area contributed by atoms with Gasteiger partial charge in [-0.15, -0.1) is 0 Å². The molecule has 1 N–H and O–H groups in total. The molecule has 4 nitrogen and oxygen atoms in total. The quantitative estimate of drug-likeness (QED) is 0.625. The van der Waals surface area contributed by atoms with Crippen molar-refractivity contribution in [1.82, 2.24) is 0 Å². The summed E-state index contributed by atoms with van der Waals surface area (Å²) in [5.74, 6) is -0.809. The molecule has 0 radical (unpaired) electrons. The third-order valence-electron chi connectivity index (χ3n) is 1.93. The molecule has 1 aromatic carbocycles. The first-order valence-electron chi connectivity index (χ1n) is 4.43. The van der Waals surface area contributed by atoms with Crippen LogP contribution in [0, 0.1) is 6.92 Å². The molecule has 0 atom stereocenters. The number of hydrogen-bond acceptors (Lipinski definition) is 3. The number of benzene rings is 1. The van der Waals surface area contributed by atoms with Gasteiger partial charge in [0.15, 0.2) is 5.78 Å². The minimum absolute atomic E-state index is 0.192. The second-order valence-electron chi connectivity index (χ2n) is 3.33. The predicted octanol–water partition coefficient (Wildman–Crippen LogP) is 1.46. The van der Waals surface area contributed by atoms with Crippen LogP contribution in [-0.4, -0.2) is 24.5 Å². The number of carbonyl (C=O) groups excluding carboxylic acids is 1. The van der Waals surface area contributed by atoms with Crippen LogP contribution in [-0.2, 0) is 10.1 Å². The Bertz CT molecular complexity index is 462. The van der Waals surface area contributed by atoms with Crippen LogP contribution in [0.4, 0.5) is 0 Å². The predicted molar refractivity (Wildman–Crippen MR) is 56.5 cm³/mol. The molecule has 82 valence electrons. The highest BCUT2D eigenvalue weighted by Gasteiger charge is 2.11. The lowest BCUT2D eigenvalue weighted by Gasteiger charge is -2.00. The van der Waals surface area contributed by atoms with E-state index in [0.717, 1.165) is 5.56 Å². The molecule has 0 aliphatic carbocycles. The van der Waals surface area contributed by atoms with E-state index in [9.17, 15) is 13.2 Å². The summed E-state index contributed by atoms with van der Waals surface area (Å²) in [7, 11) is -4.06. The maximum absolute atomic E-state index is 11.5. The highest BCUT2D eigenvalue weighted by molar-refractivity contribution is 7.85. The van der Waals surface area contributed by atoms with Crippen LogP contribution in [0.5, 0.6) is 0 Å². The molecule has 5 heteroatoms. The summed E-state index contributed by atoms with van der Waals surface area (Å²) in [6.45, 7) is 1.85. The minimum Gasteiger partial charge on any atom is -0.294 e. The summed E-state index contributed by atoms with van der Waals surface area (Å²) < 4.78 is 29.4. The van der Waals surface area contributed by atoms with Gasteiger partial charge in [-0.1, -0.05) is 23.8 Å². The van der Waals surface area contributed by atoms with Gasteiger partial charge in [-0.05, 0) is 13.0 Å². The summed E-state index contributed by atoms with van der Waals surface area (Å²) in [5.41, 5.74) is 1.41. The van der Waals surface area contributed by atoms with Gasteiger partial charge in [0.1, 0.15) is 0 Å². The standard InChI is InChI=1S/C10H12O4S/c1-8-3-2-4-9(7-8)10(11)5-6-15(12,13)14/h2-4,7H,5-6H2,1H3,(H,12,13,14). The molecule has 0 bridgehead atoms. The van der Waals surface area contributed by atoms with E-state index in [1.54, 1.807) is 18.2 Å². The average molecular weight is 228 g/mol. The third-order valence-corrected chi connectivity index (χ3v) is 2.65. The number of ketones is 1. The Morgan fingerprint density at radius 3 is 2.60 bits per heavy atom. The summed E-state index contributed by atoms with van der Waals surface area (Å²) in [6, 6.07) is 6.89. The van der Waals surface area contributed by atoms with Crippen LogP contribution in [0.2, 0.25) is 0 Å². The lowest BCUT2D eigenvalue weighted by molar-refractivity contribution is 0.0988. The Kier molecular flexibility index (Phi) is 3.60. The first kappa shape index (κ1) is 11.9. The van der Waals surface area contributed by atoms with Crippen molar-refractivity contribution in [3.63, 3.8) is 0 Å². The molecule has 15 heavy (non-hydrogen) atoms. The lowest BCUT2D eigenvalue weighted by Crippen LogP contribution is -2.10. The highest BCUT2D eigenvalue weighted by Crippen LogP contribution is 2.07. The van der Waals surface area contributed by atoms with E-state index < -0.39 is 15.9 Å². The lowest BCUT2D eigenvalue weighted by atomic mass is 10.1. The van der Waals surface area contributed by atoms with Crippen molar-refractivity contribution in [1.29, 1.82) is 0 Å². The van der Waals surface area contributed by atoms with Crippen LogP contribution in [0.15, 0.2) is 24.3 Å². The first-order chi connectivity index (χ1) is 6.88. The molecule has 0 saturated heterocycles. The summed E-state index contributed by atoms with van der Waals surface area (Å²) in [6.07, 6.45) is -0.192. The van der Waals surface area contributed by atoms with Crippen LogP contribution in [0.1, 0.15) is 22.3 Å². The maximum Gasteiger partial charge on any atom is 0.265 e. The average Bonchev–Trinajstić information content (AvgIpc) is 2.13. The molecular weight excluding hydrogens is 216 g/mol. The zero-order valence-corrected chi connectivity index (χ0v) is 9.12. The number of hydrogen-bond donors (Lipinski definition) is 1. The van der Waals surface area contributed by atoms with Crippen molar-refractivity contribution >= 4 is 15.9 Å². The summed E-state index contributed by atoms with van der Waals surface area (Å²) >= 11 is 0. The van der Waals surface area contributed by atoms with Crippen LogP contribution < -0.4 is 0 Å². The molecule has 0 heterocycles. The Labute approximate surface area is 88.7 Å². The van der Waals surface area contributed by atoms with E-state index in [1.165, 1.54) is 0 Å². The fraction of sp³-hybridized carbons (Fsp3) is 0.300. The van der Waals surface area contributed by atoms with Crippen LogP contribution in [0.25, 0.3) is 0 Å². The molecule has 0 spiro atoms. The fourth-order valence-corrected chi connectivity index (χ4v) is 1.63. The summed E-state index contributed by atoms with van der Waals surface area (Å²) in [5, 5.41) is 0. The van der Waals surface area contributed by atoms with Gasteiger partial charge in [0.25, 0.3) is 10.1 Å². The normalized spacial score (nSPS) is 11.3. The van der Waals surface area contributed by atoms with Gasteiger partial charge in [0.2, 0.25) is 0 Å². The monoisotopic (exact) mass is 228 g/mol. The molecule has 1 aromatic rings. The minimum atomic E-state index is -4.06. The first-order valence-corrected chi connectivity index (χ1v) is 6.04. The number of rotatable bonds is 4. The largest absolute Gasteiger partial charge is 0.294 e. The van der Waals surface area contributed by atoms with Crippen molar-refractivity contribution in [2.24, 2.45) is 0 Å². The molecular formula is C10H12O4S. The molecule has 0 aliphatic rings. The molecule has 0 amide bonds. The van der Waals surface area contributed by atoms with Gasteiger partial charge in [0, 0.05) is 12.0 Å². The Balaban J connectivity index is 2.70. The van der Waals surface area contributed by atoms with Gasteiger partial charge in [-0.25, -0.2) is 0 Å². The molecule has 0 unspecified atom stereocenters. The topological polar surface area (TPSA) is 71.4 Å². The second-order valence-corrected chi connectivity index (χ2v) is 4.90. The van der Waals surface area contributed by atoms with Crippen molar-refractivity contribution in [2.75, 3.05) is 5.75 Å². The van der Waals surface area contributed by atoms with Crippen molar-refractivity contribution < 1.29 is 17.8 Å². The fourth-order valence-electron chi connectivity index (χ4n) is 1.18. The Morgan fingerprint density at radius 1 is 1.40 bits per heavy atom. The second kappa shape index (κ2) is 4.55. The zero-order valence-electron chi connectivity index (χ0n) is 8.30. The third kappa shape index (κ3) is 4.22. The molecule has 0 fully saturated rings. The van der Waals surface area contributed by atoms with Crippen LogP contribution in [0.3, 0.4) is 0 Å². The summed E-state index contributed by atoms with van der Waals surface area (Å²) in [4.78, 5) is 11.5. The zero-order chi connectivity index (χ0) is 11.5.